The highest BCUT2D eigenvalue weighted by molar-refractivity contribution is 5.17. The predicted molar refractivity (Wildman–Crippen MR) is 97.6 cm³/mol. The Hall–Kier alpha value is -0.970. The lowest BCUT2D eigenvalue weighted by atomic mass is 9.95. The van der Waals surface area contributed by atoms with Gasteiger partial charge in [-0.2, -0.15) is 0 Å². The highest BCUT2D eigenvalue weighted by Gasteiger charge is 2.22. The third-order valence-electron chi connectivity index (χ3n) is 4.81. The molecule has 0 radical (unpaired) electrons. The van der Waals surface area contributed by atoms with E-state index in [4.69, 9.17) is 4.74 Å². The molecule has 1 fully saturated rings. The van der Waals surface area contributed by atoms with Crippen molar-refractivity contribution in [3.8, 4) is 0 Å². The van der Waals surface area contributed by atoms with Gasteiger partial charge in [-0.15, -0.1) is 0 Å². The first-order valence-electron chi connectivity index (χ1n) is 9.25. The molecule has 1 saturated heterocycles. The van der Waals surface area contributed by atoms with Crippen LogP contribution in [0.25, 0.3) is 0 Å². The third kappa shape index (κ3) is 6.50. The van der Waals surface area contributed by atoms with Crippen molar-refractivity contribution in [3.63, 3.8) is 0 Å². The summed E-state index contributed by atoms with van der Waals surface area (Å²) in [4.78, 5) is 4.93. The zero-order chi connectivity index (χ0) is 17.4. The fourth-order valence-corrected chi connectivity index (χ4v) is 3.55. The van der Waals surface area contributed by atoms with Crippen LogP contribution in [0.4, 0.5) is 4.39 Å². The summed E-state index contributed by atoms with van der Waals surface area (Å²) in [5, 5.41) is 0. The SMILES string of the molecule is COCCN(CC(C)C)CC1CCN(Cc2ccccc2F)CC1. The van der Waals surface area contributed by atoms with Crippen LogP contribution >= 0.6 is 0 Å². The number of ether oxygens (including phenoxy) is 1. The highest BCUT2D eigenvalue weighted by Crippen LogP contribution is 2.21. The number of halogens is 1. The Kier molecular flexibility index (Phi) is 8.16. The zero-order valence-electron chi connectivity index (χ0n) is 15.5. The van der Waals surface area contributed by atoms with E-state index >= 15 is 0 Å². The molecule has 4 heteroatoms. The topological polar surface area (TPSA) is 15.7 Å². The van der Waals surface area contributed by atoms with Gasteiger partial charge >= 0.3 is 0 Å². The maximum absolute atomic E-state index is 13.8. The Morgan fingerprint density at radius 2 is 1.96 bits per heavy atom. The summed E-state index contributed by atoms with van der Waals surface area (Å²) in [5.41, 5.74) is 0.817. The van der Waals surface area contributed by atoms with Gasteiger partial charge in [-0.25, -0.2) is 4.39 Å². The molecular formula is C20H33FN2O. The number of methoxy groups -OCH3 is 1. The molecule has 1 aliphatic rings. The molecule has 0 aliphatic carbocycles. The van der Waals surface area contributed by atoms with Crippen molar-refractivity contribution >= 4 is 0 Å². The van der Waals surface area contributed by atoms with Gasteiger partial charge in [-0.1, -0.05) is 32.0 Å². The first-order chi connectivity index (χ1) is 11.6. The highest BCUT2D eigenvalue weighted by atomic mass is 19.1. The van der Waals surface area contributed by atoms with E-state index in [0.29, 0.717) is 5.92 Å². The molecule has 0 bridgehead atoms. The van der Waals surface area contributed by atoms with Gasteiger partial charge in [0.25, 0.3) is 0 Å². The lowest BCUT2D eigenvalue weighted by Crippen LogP contribution is -2.40. The Bertz CT molecular complexity index is 472. The van der Waals surface area contributed by atoms with Crippen LogP contribution in [0.3, 0.4) is 0 Å². The standard InChI is InChI=1S/C20H33FN2O/c1-17(2)14-23(12-13-24-3)15-18-8-10-22(11-9-18)16-19-6-4-5-7-20(19)21/h4-7,17-18H,8-16H2,1-3H3. The lowest BCUT2D eigenvalue weighted by molar-refractivity contribution is 0.103. The van der Waals surface area contributed by atoms with Crippen molar-refractivity contribution in [2.45, 2.75) is 33.2 Å². The summed E-state index contributed by atoms with van der Waals surface area (Å²) in [6, 6.07) is 7.14. The second kappa shape index (κ2) is 10.1. The summed E-state index contributed by atoms with van der Waals surface area (Å²) in [6.07, 6.45) is 2.41. The van der Waals surface area contributed by atoms with Crippen molar-refractivity contribution in [3.05, 3.63) is 35.6 Å². The second-order valence-electron chi connectivity index (χ2n) is 7.46. The molecule has 0 saturated carbocycles. The molecule has 24 heavy (non-hydrogen) atoms. The van der Waals surface area contributed by atoms with Gasteiger partial charge < -0.3 is 9.64 Å². The molecule has 2 rings (SSSR count). The van der Waals surface area contributed by atoms with Crippen molar-refractivity contribution in [1.82, 2.24) is 9.80 Å². The fourth-order valence-electron chi connectivity index (χ4n) is 3.55. The maximum Gasteiger partial charge on any atom is 0.127 e. The normalized spacial score (nSPS) is 17.1. The Morgan fingerprint density at radius 1 is 1.25 bits per heavy atom. The Morgan fingerprint density at radius 3 is 2.58 bits per heavy atom. The van der Waals surface area contributed by atoms with E-state index in [1.807, 2.05) is 12.1 Å². The number of rotatable bonds is 9. The molecule has 3 nitrogen and oxygen atoms in total. The number of piperidine rings is 1. The van der Waals surface area contributed by atoms with Crippen LogP contribution in [-0.4, -0.2) is 56.2 Å². The smallest absolute Gasteiger partial charge is 0.127 e. The molecule has 0 amide bonds. The van der Waals surface area contributed by atoms with E-state index in [-0.39, 0.29) is 5.82 Å². The molecule has 1 aromatic rings. The predicted octanol–water partition coefficient (Wildman–Crippen LogP) is 3.64. The van der Waals surface area contributed by atoms with Gasteiger partial charge in [0, 0.05) is 38.9 Å². The monoisotopic (exact) mass is 336 g/mol. The minimum atomic E-state index is -0.0812. The van der Waals surface area contributed by atoms with Gasteiger partial charge in [0.2, 0.25) is 0 Å². The number of hydrogen-bond acceptors (Lipinski definition) is 3. The van der Waals surface area contributed by atoms with Gasteiger partial charge in [0.05, 0.1) is 6.61 Å². The first-order valence-corrected chi connectivity index (χ1v) is 9.25. The summed E-state index contributed by atoms with van der Waals surface area (Å²) in [5.74, 6) is 1.35. The van der Waals surface area contributed by atoms with Gasteiger partial charge in [-0.05, 0) is 43.8 Å². The van der Waals surface area contributed by atoms with E-state index in [1.165, 1.54) is 12.8 Å². The van der Waals surface area contributed by atoms with E-state index in [9.17, 15) is 4.39 Å². The van der Waals surface area contributed by atoms with Gasteiger partial charge in [-0.3, -0.25) is 4.90 Å². The van der Waals surface area contributed by atoms with Crippen molar-refractivity contribution in [1.29, 1.82) is 0 Å². The van der Waals surface area contributed by atoms with Crippen molar-refractivity contribution in [2.24, 2.45) is 11.8 Å². The summed E-state index contributed by atoms with van der Waals surface area (Å²) in [7, 11) is 1.77. The number of hydrogen-bond donors (Lipinski definition) is 0. The van der Waals surface area contributed by atoms with Crippen LogP contribution in [-0.2, 0) is 11.3 Å². The van der Waals surface area contributed by atoms with Gasteiger partial charge in [0.1, 0.15) is 5.82 Å². The molecule has 0 unspecified atom stereocenters. The van der Waals surface area contributed by atoms with E-state index < -0.39 is 0 Å². The number of likely N-dealkylation sites (tertiary alicyclic amines) is 1. The molecule has 0 aromatic heterocycles. The van der Waals surface area contributed by atoms with Gasteiger partial charge in [0.15, 0.2) is 0 Å². The van der Waals surface area contributed by atoms with E-state index in [1.54, 1.807) is 19.2 Å². The van der Waals surface area contributed by atoms with E-state index in [0.717, 1.165) is 57.4 Å². The number of benzene rings is 1. The molecule has 1 aromatic carbocycles. The lowest BCUT2D eigenvalue weighted by Gasteiger charge is -2.35. The average molecular weight is 336 g/mol. The Balaban J connectivity index is 1.77. The minimum Gasteiger partial charge on any atom is -0.383 e. The van der Waals surface area contributed by atoms with Crippen molar-refractivity contribution in [2.75, 3.05) is 46.4 Å². The molecule has 0 spiro atoms. The second-order valence-corrected chi connectivity index (χ2v) is 7.46. The van der Waals surface area contributed by atoms with Crippen LogP contribution in [0.5, 0.6) is 0 Å². The first kappa shape index (κ1) is 19.4. The third-order valence-corrected chi connectivity index (χ3v) is 4.81. The molecule has 1 aliphatic heterocycles. The molecular weight excluding hydrogens is 303 g/mol. The minimum absolute atomic E-state index is 0.0812. The van der Waals surface area contributed by atoms with Crippen LogP contribution in [0, 0.1) is 17.7 Å². The molecule has 0 N–H and O–H groups in total. The van der Waals surface area contributed by atoms with Crippen LogP contribution in [0.2, 0.25) is 0 Å². The largest absolute Gasteiger partial charge is 0.383 e. The Labute approximate surface area is 146 Å². The van der Waals surface area contributed by atoms with Crippen molar-refractivity contribution < 1.29 is 9.13 Å². The summed E-state index contributed by atoms with van der Waals surface area (Å²) >= 11 is 0. The van der Waals surface area contributed by atoms with Crippen LogP contribution in [0.15, 0.2) is 24.3 Å². The van der Waals surface area contributed by atoms with E-state index in [2.05, 4.69) is 23.6 Å². The molecule has 136 valence electrons. The molecule has 0 atom stereocenters. The zero-order valence-corrected chi connectivity index (χ0v) is 15.5. The summed E-state index contributed by atoms with van der Waals surface area (Å²) < 4.78 is 19.0. The number of nitrogens with zero attached hydrogens (tertiary/aromatic N) is 2. The van der Waals surface area contributed by atoms with Crippen LogP contribution in [0.1, 0.15) is 32.3 Å². The fraction of sp³-hybridized carbons (Fsp3) is 0.700. The van der Waals surface area contributed by atoms with Crippen LogP contribution < -0.4 is 0 Å². The quantitative estimate of drug-likeness (QED) is 0.685. The molecule has 1 heterocycles. The maximum atomic E-state index is 13.8. The summed E-state index contributed by atoms with van der Waals surface area (Å²) in [6.45, 7) is 11.5. The average Bonchev–Trinajstić information content (AvgIpc) is 2.56.